The fraction of sp³-hybridized carbons (Fsp3) is 0.619. The lowest BCUT2D eigenvalue weighted by atomic mass is 9.90. The minimum Gasteiger partial charge on any atom is -0.465 e. The number of carbonyl (C=O) groups excluding carboxylic acids is 2. The summed E-state index contributed by atoms with van der Waals surface area (Å²) in [6.07, 6.45) is 3.15. The van der Waals surface area contributed by atoms with Gasteiger partial charge in [0.05, 0.1) is 13.2 Å². The highest BCUT2D eigenvalue weighted by atomic mass is 16.5. The van der Waals surface area contributed by atoms with Gasteiger partial charge in [-0.2, -0.15) is 0 Å². The van der Waals surface area contributed by atoms with Gasteiger partial charge >= 0.3 is 5.97 Å². The summed E-state index contributed by atoms with van der Waals surface area (Å²) in [6.45, 7) is 7.83. The number of nitrogens with zero attached hydrogens (tertiary/aromatic N) is 1. The number of hydrogen-bond donors (Lipinski definition) is 1. The highest BCUT2D eigenvalue weighted by Crippen LogP contribution is 2.21. The Morgan fingerprint density at radius 1 is 1.19 bits per heavy atom. The van der Waals surface area contributed by atoms with Crippen molar-refractivity contribution in [1.82, 2.24) is 10.2 Å². The molecule has 1 aliphatic rings. The van der Waals surface area contributed by atoms with Crippen LogP contribution in [0.2, 0.25) is 0 Å². The van der Waals surface area contributed by atoms with E-state index in [2.05, 4.69) is 29.6 Å². The van der Waals surface area contributed by atoms with E-state index in [1.807, 2.05) is 24.8 Å². The van der Waals surface area contributed by atoms with Crippen molar-refractivity contribution in [3.8, 4) is 0 Å². The van der Waals surface area contributed by atoms with E-state index in [1.54, 1.807) is 6.92 Å². The Labute approximate surface area is 157 Å². The number of amides is 1. The van der Waals surface area contributed by atoms with Crippen LogP contribution in [0.15, 0.2) is 30.3 Å². The van der Waals surface area contributed by atoms with Crippen molar-refractivity contribution < 1.29 is 14.3 Å². The zero-order valence-corrected chi connectivity index (χ0v) is 16.2. The molecule has 1 amide bonds. The lowest BCUT2D eigenvalue weighted by Crippen LogP contribution is -2.49. The summed E-state index contributed by atoms with van der Waals surface area (Å²) in [5, 5.41) is 3.09. The largest absolute Gasteiger partial charge is 0.465 e. The SMILES string of the molecule is CCOC(=O)C(NCC(=O)N1CCC(Cc2ccccc2)CC1)C(C)C. The van der Waals surface area contributed by atoms with Crippen molar-refractivity contribution in [2.45, 2.75) is 46.1 Å². The number of nitrogens with one attached hydrogen (secondary N) is 1. The number of rotatable bonds is 8. The van der Waals surface area contributed by atoms with Crippen LogP contribution in [-0.4, -0.2) is 49.1 Å². The monoisotopic (exact) mass is 360 g/mol. The van der Waals surface area contributed by atoms with E-state index in [0.29, 0.717) is 12.5 Å². The molecule has 1 unspecified atom stereocenters. The van der Waals surface area contributed by atoms with Gasteiger partial charge in [0.15, 0.2) is 0 Å². The number of benzene rings is 1. The summed E-state index contributed by atoms with van der Waals surface area (Å²) in [4.78, 5) is 26.4. The molecule has 1 aromatic carbocycles. The molecule has 2 rings (SSSR count). The summed E-state index contributed by atoms with van der Waals surface area (Å²) >= 11 is 0. The van der Waals surface area contributed by atoms with E-state index in [0.717, 1.165) is 32.4 Å². The quantitative estimate of drug-likeness (QED) is 0.724. The van der Waals surface area contributed by atoms with E-state index in [1.165, 1.54) is 5.56 Å². The molecule has 0 aliphatic carbocycles. The highest BCUT2D eigenvalue weighted by molar-refractivity contribution is 5.80. The zero-order valence-electron chi connectivity index (χ0n) is 16.2. The third-order valence-electron chi connectivity index (χ3n) is 5.01. The zero-order chi connectivity index (χ0) is 18.9. The maximum absolute atomic E-state index is 12.5. The molecule has 1 N–H and O–H groups in total. The maximum Gasteiger partial charge on any atom is 0.323 e. The second-order valence-corrected chi connectivity index (χ2v) is 7.37. The third-order valence-corrected chi connectivity index (χ3v) is 5.01. The molecule has 0 aromatic heterocycles. The van der Waals surface area contributed by atoms with Crippen LogP contribution in [0.3, 0.4) is 0 Å². The molecule has 0 radical (unpaired) electrons. The van der Waals surface area contributed by atoms with Crippen molar-refractivity contribution in [3.05, 3.63) is 35.9 Å². The number of carbonyl (C=O) groups is 2. The van der Waals surface area contributed by atoms with Gasteiger partial charge in [-0.3, -0.25) is 14.9 Å². The summed E-state index contributed by atoms with van der Waals surface area (Å²) in [5.74, 6) is 0.505. The minimum absolute atomic E-state index is 0.0677. The van der Waals surface area contributed by atoms with Crippen molar-refractivity contribution in [1.29, 1.82) is 0 Å². The Morgan fingerprint density at radius 3 is 2.42 bits per heavy atom. The fourth-order valence-corrected chi connectivity index (χ4v) is 3.47. The van der Waals surface area contributed by atoms with Gasteiger partial charge in [-0.25, -0.2) is 0 Å². The predicted octanol–water partition coefficient (Wildman–Crippen LogP) is 2.65. The second-order valence-electron chi connectivity index (χ2n) is 7.37. The van der Waals surface area contributed by atoms with Gasteiger partial charge < -0.3 is 9.64 Å². The lowest BCUT2D eigenvalue weighted by molar-refractivity contribution is -0.147. The molecule has 0 bridgehead atoms. The summed E-state index contributed by atoms with van der Waals surface area (Å²) < 4.78 is 5.09. The van der Waals surface area contributed by atoms with Crippen LogP contribution in [0.5, 0.6) is 0 Å². The molecule has 1 heterocycles. The molecule has 26 heavy (non-hydrogen) atoms. The van der Waals surface area contributed by atoms with Gasteiger partial charge in [0.1, 0.15) is 6.04 Å². The van der Waals surface area contributed by atoms with Gasteiger partial charge in [-0.05, 0) is 43.6 Å². The molecule has 5 heteroatoms. The van der Waals surface area contributed by atoms with Gasteiger partial charge in [0, 0.05) is 13.1 Å². The topological polar surface area (TPSA) is 58.6 Å². The van der Waals surface area contributed by atoms with Crippen LogP contribution >= 0.6 is 0 Å². The summed E-state index contributed by atoms with van der Waals surface area (Å²) in [6, 6.07) is 10.1. The van der Waals surface area contributed by atoms with Crippen LogP contribution in [0.4, 0.5) is 0 Å². The standard InChI is InChI=1S/C21H32N2O3/c1-4-26-21(25)20(16(2)3)22-15-19(24)23-12-10-18(11-13-23)14-17-8-6-5-7-9-17/h5-9,16,18,20,22H,4,10-15H2,1-3H3. The van der Waals surface area contributed by atoms with E-state index in [4.69, 9.17) is 4.74 Å². The fourth-order valence-electron chi connectivity index (χ4n) is 3.47. The molecule has 0 saturated carbocycles. The Kier molecular flexibility index (Phi) is 8.10. The Bertz CT molecular complexity index is 566. The first-order valence-corrected chi connectivity index (χ1v) is 9.73. The molecule has 5 nitrogen and oxygen atoms in total. The number of esters is 1. The first-order valence-electron chi connectivity index (χ1n) is 9.73. The summed E-state index contributed by atoms with van der Waals surface area (Å²) in [7, 11) is 0. The van der Waals surface area contributed by atoms with E-state index < -0.39 is 6.04 Å². The smallest absolute Gasteiger partial charge is 0.323 e. The Morgan fingerprint density at radius 2 is 1.85 bits per heavy atom. The van der Waals surface area contributed by atoms with Crippen LogP contribution in [0, 0.1) is 11.8 Å². The van der Waals surface area contributed by atoms with Gasteiger partial charge in [-0.1, -0.05) is 44.2 Å². The van der Waals surface area contributed by atoms with Crippen LogP contribution in [0.1, 0.15) is 39.2 Å². The van der Waals surface area contributed by atoms with E-state index in [-0.39, 0.29) is 24.3 Å². The molecular weight excluding hydrogens is 328 g/mol. The Hall–Kier alpha value is -1.88. The molecular formula is C21H32N2O3. The lowest BCUT2D eigenvalue weighted by Gasteiger charge is -2.32. The van der Waals surface area contributed by atoms with Gasteiger partial charge in [0.25, 0.3) is 0 Å². The molecule has 144 valence electrons. The first-order chi connectivity index (χ1) is 12.5. The van der Waals surface area contributed by atoms with E-state index in [9.17, 15) is 9.59 Å². The summed E-state index contributed by atoms with van der Waals surface area (Å²) in [5.41, 5.74) is 1.37. The second kappa shape index (κ2) is 10.3. The Balaban J connectivity index is 1.76. The number of piperidine rings is 1. The van der Waals surface area contributed by atoms with Crippen LogP contribution in [0.25, 0.3) is 0 Å². The highest BCUT2D eigenvalue weighted by Gasteiger charge is 2.26. The average molecular weight is 360 g/mol. The molecule has 0 spiro atoms. The van der Waals surface area contributed by atoms with Crippen LogP contribution in [-0.2, 0) is 20.7 Å². The van der Waals surface area contributed by atoms with Crippen molar-refractivity contribution in [3.63, 3.8) is 0 Å². The van der Waals surface area contributed by atoms with Crippen LogP contribution < -0.4 is 5.32 Å². The molecule has 1 aromatic rings. The number of hydrogen-bond acceptors (Lipinski definition) is 4. The average Bonchev–Trinajstić information content (AvgIpc) is 2.63. The minimum atomic E-state index is -0.436. The third kappa shape index (κ3) is 6.13. The van der Waals surface area contributed by atoms with Gasteiger partial charge in [0.2, 0.25) is 5.91 Å². The normalized spacial score (nSPS) is 16.5. The number of ether oxygens (including phenoxy) is 1. The van der Waals surface area contributed by atoms with Crippen molar-refractivity contribution in [2.75, 3.05) is 26.2 Å². The maximum atomic E-state index is 12.5. The van der Waals surface area contributed by atoms with Crippen molar-refractivity contribution >= 4 is 11.9 Å². The molecule has 1 fully saturated rings. The predicted molar refractivity (Wildman–Crippen MR) is 103 cm³/mol. The van der Waals surface area contributed by atoms with E-state index >= 15 is 0 Å². The van der Waals surface area contributed by atoms with Gasteiger partial charge in [-0.15, -0.1) is 0 Å². The molecule has 1 saturated heterocycles. The van der Waals surface area contributed by atoms with Crippen molar-refractivity contribution in [2.24, 2.45) is 11.8 Å². The number of likely N-dealkylation sites (tertiary alicyclic amines) is 1. The molecule has 1 atom stereocenters. The first kappa shape index (κ1) is 20.4. The molecule has 1 aliphatic heterocycles.